The Morgan fingerprint density at radius 3 is 2.44 bits per heavy atom. The number of thioether (sulfide) groups is 1. The maximum absolute atomic E-state index is 12.1. The second kappa shape index (κ2) is 9.62. The van der Waals surface area contributed by atoms with Gasteiger partial charge in [0.25, 0.3) is 5.91 Å². The van der Waals surface area contributed by atoms with Crippen molar-refractivity contribution in [1.82, 2.24) is 10.3 Å². The van der Waals surface area contributed by atoms with Crippen LogP contribution < -0.4 is 5.32 Å². The van der Waals surface area contributed by atoms with Gasteiger partial charge in [-0.1, -0.05) is 11.6 Å². The Morgan fingerprint density at radius 1 is 1.19 bits per heavy atom. The van der Waals surface area contributed by atoms with Crippen LogP contribution in [0.5, 0.6) is 0 Å². The number of esters is 1. The number of aromatic nitrogens is 1. The molecule has 2 rings (SSSR count). The molecule has 1 aromatic carbocycles. The maximum atomic E-state index is 12.1. The van der Waals surface area contributed by atoms with Crippen molar-refractivity contribution in [3.8, 4) is 0 Å². The van der Waals surface area contributed by atoms with Gasteiger partial charge in [0.1, 0.15) is 5.69 Å². The number of benzene rings is 1. The molecule has 27 heavy (non-hydrogen) atoms. The van der Waals surface area contributed by atoms with E-state index in [0.29, 0.717) is 34.1 Å². The summed E-state index contributed by atoms with van der Waals surface area (Å²) in [6.45, 7) is 4.89. The fraction of sp³-hybridized carbons (Fsp3) is 0.316. The van der Waals surface area contributed by atoms with Crippen molar-refractivity contribution < 1.29 is 19.1 Å². The summed E-state index contributed by atoms with van der Waals surface area (Å²) in [7, 11) is 0. The number of ketones is 1. The summed E-state index contributed by atoms with van der Waals surface area (Å²) in [4.78, 5) is 39.5. The number of hydrogen-bond donors (Lipinski definition) is 2. The molecule has 0 fully saturated rings. The Kier molecular flexibility index (Phi) is 7.50. The van der Waals surface area contributed by atoms with E-state index in [2.05, 4.69) is 10.3 Å². The minimum atomic E-state index is -0.659. The molecule has 144 valence electrons. The zero-order chi connectivity index (χ0) is 20.0. The third-order valence-corrected chi connectivity index (χ3v) is 5.10. The summed E-state index contributed by atoms with van der Waals surface area (Å²) in [5, 5.41) is 3.37. The predicted octanol–water partition coefficient (Wildman–Crippen LogP) is 3.55. The van der Waals surface area contributed by atoms with E-state index < -0.39 is 5.97 Å². The summed E-state index contributed by atoms with van der Waals surface area (Å²) in [6.07, 6.45) is 0. The molecule has 0 saturated carbocycles. The van der Waals surface area contributed by atoms with Crippen molar-refractivity contribution in [3.63, 3.8) is 0 Å². The van der Waals surface area contributed by atoms with Gasteiger partial charge in [-0.25, -0.2) is 4.79 Å². The molecule has 0 saturated heterocycles. The first-order chi connectivity index (χ1) is 12.8. The van der Waals surface area contributed by atoms with Crippen LogP contribution in [-0.2, 0) is 9.53 Å². The van der Waals surface area contributed by atoms with Crippen LogP contribution in [-0.4, -0.2) is 41.5 Å². The zero-order valence-electron chi connectivity index (χ0n) is 15.3. The van der Waals surface area contributed by atoms with Gasteiger partial charge >= 0.3 is 5.97 Å². The fourth-order valence-electron chi connectivity index (χ4n) is 2.63. The van der Waals surface area contributed by atoms with Crippen LogP contribution in [0.2, 0.25) is 5.02 Å². The first kappa shape index (κ1) is 21.1. The molecule has 0 atom stereocenters. The SMILES string of the molecule is CC(=O)c1c(C)[nH]c(C(=O)OCC(=O)NCCSc2ccc(Cl)cc2)c1C. The molecule has 0 bridgehead atoms. The zero-order valence-corrected chi connectivity index (χ0v) is 16.9. The van der Waals surface area contributed by atoms with E-state index in [0.717, 1.165) is 4.90 Å². The van der Waals surface area contributed by atoms with Crippen LogP contribution in [0.25, 0.3) is 0 Å². The van der Waals surface area contributed by atoms with Crippen LogP contribution >= 0.6 is 23.4 Å². The molecule has 1 heterocycles. The van der Waals surface area contributed by atoms with E-state index in [1.807, 2.05) is 24.3 Å². The first-order valence-electron chi connectivity index (χ1n) is 8.32. The van der Waals surface area contributed by atoms with E-state index in [1.165, 1.54) is 6.92 Å². The molecule has 0 unspecified atom stereocenters. The fourth-order valence-corrected chi connectivity index (χ4v) is 3.52. The standard InChI is InChI=1S/C19H21ClN2O4S/c1-11-17(13(3)23)12(2)22-18(11)19(25)26-10-16(24)21-8-9-27-15-6-4-14(20)5-7-15/h4-7,22H,8-10H2,1-3H3,(H,21,24). The van der Waals surface area contributed by atoms with Crippen LogP contribution in [0.3, 0.4) is 0 Å². The number of Topliss-reactive ketones (excluding diaryl/α,β-unsaturated/α-hetero) is 1. The summed E-state index contributed by atoms with van der Waals surface area (Å²) >= 11 is 7.41. The van der Waals surface area contributed by atoms with Gasteiger partial charge in [-0.2, -0.15) is 0 Å². The smallest absolute Gasteiger partial charge is 0.355 e. The summed E-state index contributed by atoms with van der Waals surface area (Å²) in [6, 6.07) is 7.44. The van der Waals surface area contributed by atoms with Crippen molar-refractivity contribution in [1.29, 1.82) is 0 Å². The van der Waals surface area contributed by atoms with Crippen molar-refractivity contribution in [2.45, 2.75) is 25.7 Å². The minimum Gasteiger partial charge on any atom is -0.451 e. The molecule has 0 aliphatic rings. The lowest BCUT2D eigenvalue weighted by Gasteiger charge is -2.07. The number of amides is 1. The number of halogens is 1. The summed E-state index contributed by atoms with van der Waals surface area (Å²) in [5.41, 5.74) is 1.81. The molecule has 0 aliphatic carbocycles. The van der Waals surface area contributed by atoms with Crippen molar-refractivity contribution in [2.75, 3.05) is 18.9 Å². The number of rotatable bonds is 8. The summed E-state index contributed by atoms with van der Waals surface area (Å²) in [5.74, 6) is -0.490. The number of carbonyl (C=O) groups excluding carboxylic acids is 3. The highest BCUT2D eigenvalue weighted by molar-refractivity contribution is 7.99. The number of ether oxygens (including phenoxy) is 1. The minimum absolute atomic E-state index is 0.128. The van der Waals surface area contributed by atoms with Crippen molar-refractivity contribution in [3.05, 3.63) is 51.8 Å². The molecule has 6 nitrogen and oxygen atoms in total. The topological polar surface area (TPSA) is 88.3 Å². The van der Waals surface area contributed by atoms with Crippen molar-refractivity contribution >= 4 is 41.0 Å². The average molecular weight is 409 g/mol. The number of nitrogens with one attached hydrogen (secondary N) is 2. The highest BCUT2D eigenvalue weighted by atomic mass is 35.5. The number of aryl methyl sites for hydroxylation is 1. The second-order valence-electron chi connectivity index (χ2n) is 5.91. The highest BCUT2D eigenvalue weighted by Crippen LogP contribution is 2.20. The normalized spacial score (nSPS) is 10.5. The van der Waals surface area contributed by atoms with Gasteiger partial charge in [-0.15, -0.1) is 11.8 Å². The van der Waals surface area contributed by atoms with Gasteiger partial charge in [0, 0.05) is 33.5 Å². The van der Waals surface area contributed by atoms with Crippen LogP contribution in [0.4, 0.5) is 0 Å². The van der Waals surface area contributed by atoms with Gasteiger partial charge in [-0.3, -0.25) is 9.59 Å². The Hall–Kier alpha value is -2.25. The van der Waals surface area contributed by atoms with Crippen LogP contribution in [0, 0.1) is 13.8 Å². The molecule has 1 amide bonds. The summed E-state index contributed by atoms with van der Waals surface area (Å²) < 4.78 is 5.03. The Labute approximate surface area is 167 Å². The van der Waals surface area contributed by atoms with E-state index in [4.69, 9.17) is 16.3 Å². The number of H-pyrrole nitrogens is 1. The monoisotopic (exact) mass is 408 g/mol. The molecular weight excluding hydrogens is 388 g/mol. The van der Waals surface area contributed by atoms with Crippen LogP contribution in [0.1, 0.15) is 39.0 Å². The maximum Gasteiger partial charge on any atom is 0.355 e. The van der Waals surface area contributed by atoms with Gasteiger partial charge in [0.15, 0.2) is 12.4 Å². The molecule has 2 N–H and O–H groups in total. The average Bonchev–Trinajstić information content (AvgIpc) is 2.92. The number of hydrogen-bond acceptors (Lipinski definition) is 5. The largest absolute Gasteiger partial charge is 0.451 e. The molecule has 0 aliphatic heterocycles. The lowest BCUT2D eigenvalue weighted by Crippen LogP contribution is -2.30. The molecule has 0 spiro atoms. The van der Waals surface area contributed by atoms with Gasteiger partial charge < -0.3 is 15.0 Å². The Balaban J connectivity index is 1.75. The highest BCUT2D eigenvalue weighted by Gasteiger charge is 2.21. The molecule has 8 heteroatoms. The van der Waals surface area contributed by atoms with E-state index in [-0.39, 0.29) is 24.0 Å². The lowest BCUT2D eigenvalue weighted by atomic mass is 10.1. The number of aromatic amines is 1. The van der Waals surface area contributed by atoms with Gasteiger partial charge in [0.2, 0.25) is 0 Å². The van der Waals surface area contributed by atoms with Crippen LogP contribution in [0.15, 0.2) is 29.2 Å². The Morgan fingerprint density at radius 2 is 1.85 bits per heavy atom. The van der Waals surface area contributed by atoms with Crippen molar-refractivity contribution in [2.24, 2.45) is 0 Å². The van der Waals surface area contributed by atoms with E-state index in [1.54, 1.807) is 25.6 Å². The Bertz CT molecular complexity index is 846. The lowest BCUT2D eigenvalue weighted by molar-refractivity contribution is -0.124. The van der Waals surface area contributed by atoms with E-state index >= 15 is 0 Å². The van der Waals surface area contributed by atoms with Gasteiger partial charge in [0.05, 0.1) is 0 Å². The molecule has 0 radical (unpaired) electrons. The van der Waals surface area contributed by atoms with Gasteiger partial charge in [-0.05, 0) is 50.6 Å². The molecule has 1 aromatic heterocycles. The third kappa shape index (κ3) is 5.87. The molecular formula is C19H21ClN2O4S. The quantitative estimate of drug-likeness (QED) is 0.302. The van der Waals surface area contributed by atoms with E-state index in [9.17, 15) is 14.4 Å². The second-order valence-corrected chi connectivity index (χ2v) is 7.51. The molecule has 2 aromatic rings. The first-order valence-corrected chi connectivity index (χ1v) is 9.68. The number of carbonyl (C=O) groups is 3. The predicted molar refractivity (Wildman–Crippen MR) is 106 cm³/mol. The third-order valence-electron chi connectivity index (χ3n) is 3.83.